The van der Waals surface area contributed by atoms with Crippen LogP contribution in [-0.4, -0.2) is 29.5 Å². The van der Waals surface area contributed by atoms with E-state index in [0.29, 0.717) is 6.07 Å². The van der Waals surface area contributed by atoms with Gasteiger partial charge in [0.25, 0.3) is 5.91 Å². The molecule has 5 nitrogen and oxygen atoms in total. The quantitative estimate of drug-likeness (QED) is 0.858. The number of ether oxygens (including phenoxy) is 1. The number of hydrogen-bond donors (Lipinski definition) is 1. The van der Waals surface area contributed by atoms with Crippen molar-refractivity contribution in [2.24, 2.45) is 0 Å². The maximum absolute atomic E-state index is 12.3. The Kier molecular flexibility index (Phi) is 5.06. The van der Waals surface area contributed by atoms with E-state index in [1.807, 2.05) is 0 Å². The van der Waals surface area contributed by atoms with E-state index in [1.165, 1.54) is 6.92 Å². The fourth-order valence-electron chi connectivity index (χ4n) is 1.30. The minimum Gasteiger partial charge on any atom is -0.464 e. The number of hydrogen-bond acceptors (Lipinski definition) is 4. The molecule has 0 aromatic carbocycles. The molecule has 1 aromatic rings. The Bertz CT molecular complexity index is 486. The van der Waals surface area contributed by atoms with E-state index in [2.05, 4.69) is 15.0 Å². The molecular formula is C12H13F3N2O3. The van der Waals surface area contributed by atoms with Crippen molar-refractivity contribution >= 4 is 11.9 Å². The summed E-state index contributed by atoms with van der Waals surface area (Å²) in [6.45, 7) is 3.19. The first-order valence-electron chi connectivity index (χ1n) is 5.76. The summed E-state index contributed by atoms with van der Waals surface area (Å²) < 4.78 is 41.6. The van der Waals surface area contributed by atoms with Crippen molar-refractivity contribution in [1.29, 1.82) is 0 Å². The maximum atomic E-state index is 12.3. The molecule has 1 N–H and O–H groups in total. The van der Waals surface area contributed by atoms with Crippen LogP contribution in [0.2, 0.25) is 0 Å². The Labute approximate surface area is 113 Å². The van der Waals surface area contributed by atoms with Crippen LogP contribution in [0.3, 0.4) is 0 Å². The molecule has 110 valence electrons. The van der Waals surface area contributed by atoms with Gasteiger partial charge in [0.05, 0.1) is 12.2 Å². The topological polar surface area (TPSA) is 68.3 Å². The number of aromatic nitrogens is 1. The molecular weight excluding hydrogens is 277 g/mol. The smallest absolute Gasteiger partial charge is 0.433 e. The second kappa shape index (κ2) is 6.36. The lowest BCUT2D eigenvalue weighted by Gasteiger charge is -2.12. The van der Waals surface area contributed by atoms with E-state index >= 15 is 0 Å². The van der Waals surface area contributed by atoms with Crippen LogP contribution in [0, 0.1) is 0 Å². The molecule has 0 saturated carbocycles. The van der Waals surface area contributed by atoms with E-state index in [-0.39, 0.29) is 12.2 Å². The molecule has 0 bridgehead atoms. The summed E-state index contributed by atoms with van der Waals surface area (Å²) in [6.07, 6.45) is -3.76. The third-order valence-corrected chi connectivity index (χ3v) is 2.30. The number of carbonyl (C=O) groups excluding carboxylic acids is 2. The molecule has 8 heteroatoms. The summed E-state index contributed by atoms with van der Waals surface area (Å²) in [6, 6.07) is 0.789. The van der Waals surface area contributed by atoms with Crippen molar-refractivity contribution in [2.45, 2.75) is 26.1 Å². The number of pyridine rings is 1. The largest absolute Gasteiger partial charge is 0.464 e. The van der Waals surface area contributed by atoms with Gasteiger partial charge < -0.3 is 10.1 Å². The highest BCUT2D eigenvalue weighted by Crippen LogP contribution is 2.27. The molecule has 1 aromatic heterocycles. The second-order valence-electron chi connectivity index (χ2n) is 3.88. The van der Waals surface area contributed by atoms with Gasteiger partial charge in [-0.05, 0) is 26.0 Å². The van der Waals surface area contributed by atoms with Gasteiger partial charge in [-0.1, -0.05) is 0 Å². The molecule has 0 saturated heterocycles. The van der Waals surface area contributed by atoms with Crippen molar-refractivity contribution in [3.63, 3.8) is 0 Å². The first-order valence-corrected chi connectivity index (χ1v) is 5.76. The molecule has 1 rings (SSSR count). The molecule has 20 heavy (non-hydrogen) atoms. The Balaban J connectivity index is 2.71. The highest BCUT2D eigenvalue weighted by Gasteiger charge is 2.32. The number of alkyl halides is 3. The monoisotopic (exact) mass is 290 g/mol. The van der Waals surface area contributed by atoms with Crippen molar-refractivity contribution in [1.82, 2.24) is 10.3 Å². The average Bonchev–Trinajstić information content (AvgIpc) is 2.38. The van der Waals surface area contributed by atoms with Crippen molar-refractivity contribution < 1.29 is 27.5 Å². The van der Waals surface area contributed by atoms with Gasteiger partial charge in [-0.3, -0.25) is 9.78 Å². The number of esters is 1. The predicted octanol–water partition coefficient (Wildman–Crippen LogP) is 1.78. The molecule has 0 aliphatic heterocycles. The standard InChI is InChI=1S/C12H13F3N2O3/c1-3-20-11(19)7(2)17-10(18)8-4-5-9(16-6-8)12(13,14)15/h4-7H,3H2,1-2H3,(H,17,18). The highest BCUT2D eigenvalue weighted by molar-refractivity contribution is 5.96. The van der Waals surface area contributed by atoms with Crippen LogP contribution >= 0.6 is 0 Å². The molecule has 0 radical (unpaired) electrons. The molecule has 1 atom stereocenters. The molecule has 1 heterocycles. The summed E-state index contributed by atoms with van der Waals surface area (Å²) in [7, 11) is 0. The minimum absolute atomic E-state index is 0.0749. The van der Waals surface area contributed by atoms with Gasteiger partial charge in [0.1, 0.15) is 11.7 Å². The second-order valence-corrected chi connectivity index (χ2v) is 3.88. The van der Waals surface area contributed by atoms with E-state index in [1.54, 1.807) is 6.92 Å². The lowest BCUT2D eigenvalue weighted by Crippen LogP contribution is -2.39. The summed E-state index contributed by atoms with van der Waals surface area (Å²) >= 11 is 0. The van der Waals surface area contributed by atoms with E-state index in [9.17, 15) is 22.8 Å². The lowest BCUT2D eigenvalue weighted by molar-refractivity contribution is -0.145. The third-order valence-electron chi connectivity index (χ3n) is 2.30. The van der Waals surface area contributed by atoms with Crippen LogP contribution < -0.4 is 5.32 Å². The van der Waals surface area contributed by atoms with Crippen LogP contribution in [0.5, 0.6) is 0 Å². The van der Waals surface area contributed by atoms with Gasteiger partial charge >= 0.3 is 12.1 Å². The number of rotatable bonds is 4. The molecule has 0 fully saturated rings. The summed E-state index contributed by atoms with van der Waals surface area (Å²) in [5.41, 5.74) is -1.17. The fraction of sp³-hybridized carbons (Fsp3) is 0.417. The molecule has 0 aliphatic carbocycles. The van der Waals surface area contributed by atoms with E-state index in [4.69, 9.17) is 0 Å². The van der Waals surface area contributed by atoms with Crippen LogP contribution in [0.25, 0.3) is 0 Å². The number of amides is 1. The zero-order valence-corrected chi connectivity index (χ0v) is 10.8. The molecule has 0 spiro atoms. The molecule has 0 aliphatic rings. The normalized spacial score (nSPS) is 12.7. The highest BCUT2D eigenvalue weighted by atomic mass is 19.4. The summed E-state index contributed by atoms with van der Waals surface area (Å²) in [5.74, 6) is -1.33. The first kappa shape index (κ1) is 15.9. The summed E-state index contributed by atoms with van der Waals surface area (Å²) in [4.78, 5) is 26.1. The van der Waals surface area contributed by atoms with E-state index < -0.39 is 29.8 Å². The zero-order valence-electron chi connectivity index (χ0n) is 10.8. The van der Waals surface area contributed by atoms with Gasteiger partial charge in [0.15, 0.2) is 0 Å². The fourth-order valence-corrected chi connectivity index (χ4v) is 1.30. The van der Waals surface area contributed by atoms with Crippen molar-refractivity contribution in [3.8, 4) is 0 Å². The predicted molar refractivity (Wildman–Crippen MR) is 62.8 cm³/mol. The van der Waals surface area contributed by atoms with Gasteiger partial charge in [-0.25, -0.2) is 4.79 Å². The number of halogens is 3. The van der Waals surface area contributed by atoms with Gasteiger partial charge in [-0.2, -0.15) is 13.2 Å². The van der Waals surface area contributed by atoms with Crippen LogP contribution in [0.15, 0.2) is 18.3 Å². The Morgan fingerprint density at radius 3 is 2.50 bits per heavy atom. The maximum Gasteiger partial charge on any atom is 0.433 e. The Morgan fingerprint density at radius 1 is 1.40 bits per heavy atom. The third kappa shape index (κ3) is 4.22. The lowest BCUT2D eigenvalue weighted by atomic mass is 10.2. The number of nitrogens with zero attached hydrogens (tertiary/aromatic N) is 1. The van der Waals surface area contributed by atoms with Gasteiger partial charge in [-0.15, -0.1) is 0 Å². The Hall–Kier alpha value is -2.12. The van der Waals surface area contributed by atoms with Crippen LogP contribution in [-0.2, 0) is 15.7 Å². The number of nitrogens with one attached hydrogen (secondary N) is 1. The number of carbonyl (C=O) groups is 2. The average molecular weight is 290 g/mol. The van der Waals surface area contributed by atoms with Gasteiger partial charge in [0, 0.05) is 6.20 Å². The zero-order chi connectivity index (χ0) is 15.3. The van der Waals surface area contributed by atoms with Crippen molar-refractivity contribution in [2.75, 3.05) is 6.61 Å². The first-order chi connectivity index (χ1) is 9.25. The summed E-state index contributed by atoms with van der Waals surface area (Å²) in [5, 5.41) is 2.30. The SMILES string of the molecule is CCOC(=O)C(C)NC(=O)c1ccc(C(F)(F)F)nc1. The Morgan fingerprint density at radius 2 is 2.05 bits per heavy atom. The molecule has 1 unspecified atom stereocenters. The van der Waals surface area contributed by atoms with Crippen molar-refractivity contribution in [3.05, 3.63) is 29.6 Å². The minimum atomic E-state index is -4.56. The van der Waals surface area contributed by atoms with Gasteiger partial charge in [0.2, 0.25) is 0 Å². The van der Waals surface area contributed by atoms with Crippen LogP contribution in [0.1, 0.15) is 29.9 Å². The molecule has 1 amide bonds. The van der Waals surface area contributed by atoms with E-state index in [0.717, 1.165) is 12.3 Å². The van der Waals surface area contributed by atoms with Crippen LogP contribution in [0.4, 0.5) is 13.2 Å².